The number of hydrogen-bond donors (Lipinski definition) is 2. The van der Waals surface area contributed by atoms with Gasteiger partial charge in [0.15, 0.2) is 17.4 Å². The monoisotopic (exact) mass is 652 g/mol. The van der Waals surface area contributed by atoms with E-state index in [1.807, 2.05) is 53.4 Å². The fraction of sp³-hybridized carbons (Fsp3) is 0.371. The summed E-state index contributed by atoms with van der Waals surface area (Å²) in [6, 6.07) is 16.8. The highest BCUT2D eigenvalue weighted by molar-refractivity contribution is 6.31. The number of rotatable bonds is 11. The van der Waals surface area contributed by atoms with Crippen LogP contribution in [0.3, 0.4) is 0 Å². The summed E-state index contributed by atoms with van der Waals surface area (Å²) in [5.41, 5.74) is 10.1. The fourth-order valence-corrected chi connectivity index (χ4v) is 6.58. The van der Waals surface area contributed by atoms with Gasteiger partial charge in [0.25, 0.3) is 5.91 Å². The molecule has 1 saturated heterocycles. The summed E-state index contributed by atoms with van der Waals surface area (Å²) in [6.45, 7) is 1.18. The van der Waals surface area contributed by atoms with Crippen LogP contribution in [0.2, 0.25) is 5.02 Å². The van der Waals surface area contributed by atoms with Crippen molar-refractivity contribution in [2.24, 2.45) is 5.73 Å². The lowest BCUT2D eigenvalue weighted by molar-refractivity contribution is -0.133. The SMILES string of the molecule is NCC(=O)N1CC2CC(c3ccc(CCCOc4c(F)ccc(F)c4F)cc3)=C(C(=O)N(Cc3ccccc3Cl)C3CC3)C(C1)N2. The molecule has 7 nitrogen and oxygen atoms in total. The number of carbonyl (C=O) groups excluding carboxylic acids is 2. The number of ether oxygens (including phenoxy) is 1. The van der Waals surface area contributed by atoms with Gasteiger partial charge < -0.3 is 25.6 Å². The van der Waals surface area contributed by atoms with Crippen LogP contribution in [0, 0.1) is 17.5 Å². The van der Waals surface area contributed by atoms with Gasteiger partial charge in [0, 0.05) is 42.3 Å². The second-order valence-electron chi connectivity index (χ2n) is 12.1. The van der Waals surface area contributed by atoms with E-state index in [1.54, 1.807) is 4.90 Å². The van der Waals surface area contributed by atoms with E-state index in [4.69, 9.17) is 22.1 Å². The van der Waals surface area contributed by atoms with E-state index in [9.17, 15) is 22.8 Å². The van der Waals surface area contributed by atoms with Gasteiger partial charge in [0.1, 0.15) is 0 Å². The highest BCUT2D eigenvalue weighted by Gasteiger charge is 2.43. The average molecular weight is 653 g/mol. The molecule has 2 heterocycles. The molecule has 2 bridgehead atoms. The highest BCUT2D eigenvalue weighted by atomic mass is 35.5. The first kappa shape index (κ1) is 32.1. The molecule has 0 radical (unpaired) electrons. The molecule has 3 aromatic carbocycles. The van der Waals surface area contributed by atoms with Gasteiger partial charge in [-0.15, -0.1) is 0 Å². The van der Waals surface area contributed by atoms with E-state index in [1.165, 1.54) is 0 Å². The zero-order chi connectivity index (χ0) is 32.4. The molecular formula is C35H36ClF3N4O3. The number of aryl methyl sites for hydroxylation is 1. The first-order valence-electron chi connectivity index (χ1n) is 15.6. The Kier molecular flexibility index (Phi) is 9.67. The molecule has 46 heavy (non-hydrogen) atoms. The molecule has 1 saturated carbocycles. The second-order valence-corrected chi connectivity index (χ2v) is 12.5. The lowest BCUT2D eigenvalue weighted by atomic mass is 9.82. The molecule has 1 aliphatic carbocycles. The second kappa shape index (κ2) is 13.9. The van der Waals surface area contributed by atoms with Crippen LogP contribution < -0.4 is 15.8 Å². The minimum atomic E-state index is -1.34. The van der Waals surface area contributed by atoms with Crippen LogP contribution in [0.25, 0.3) is 5.57 Å². The maximum atomic E-state index is 14.5. The fourth-order valence-electron chi connectivity index (χ4n) is 6.38. The van der Waals surface area contributed by atoms with Gasteiger partial charge in [-0.1, -0.05) is 54.1 Å². The van der Waals surface area contributed by atoms with Crippen molar-refractivity contribution in [1.29, 1.82) is 0 Å². The van der Waals surface area contributed by atoms with Crippen LogP contribution in [-0.2, 0) is 22.6 Å². The van der Waals surface area contributed by atoms with Crippen molar-refractivity contribution in [2.45, 2.75) is 56.8 Å². The topological polar surface area (TPSA) is 87.9 Å². The molecule has 3 aliphatic rings. The Morgan fingerprint density at radius 1 is 1.00 bits per heavy atom. The number of nitrogens with zero attached hydrogens (tertiary/aromatic N) is 2. The first-order valence-corrected chi connectivity index (χ1v) is 16.0. The third-order valence-electron chi connectivity index (χ3n) is 8.87. The number of amides is 2. The summed E-state index contributed by atoms with van der Waals surface area (Å²) in [7, 11) is 0. The molecule has 242 valence electrons. The Labute approximate surface area is 271 Å². The molecular weight excluding hydrogens is 617 g/mol. The van der Waals surface area contributed by atoms with Crippen LogP contribution in [0.5, 0.6) is 5.75 Å². The molecule has 0 aromatic heterocycles. The first-order chi connectivity index (χ1) is 22.2. The van der Waals surface area contributed by atoms with Gasteiger partial charge in [-0.05, 0) is 72.6 Å². The normalized spacial score (nSPS) is 19.3. The Bertz CT molecular complexity index is 1650. The molecule has 2 atom stereocenters. The molecule has 3 aromatic rings. The summed E-state index contributed by atoms with van der Waals surface area (Å²) < 4.78 is 46.5. The zero-order valence-corrected chi connectivity index (χ0v) is 26.0. The van der Waals surface area contributed by atoms with Crippen LogP contribution in [0.4, 0.5) is 13.2 Å². The summed E-state index contributed by atoms with van der Waals surface area (Å²) in [6.07, 6.45) is 3.44. The number of nitrogens with two attached hydrogens (primary N) is 1. The number of hydrogen-bond acceptors (Lipinski definition) is 5. The van der Waals surface area contributed by atoms with Crippen molar-refractivity contribution in [3.63, 3.8) is 0 Å². The number of carbonyl (C=O) groups is 2. The Balaban J connectivity index is 1.23. The van der Waals surface area contributed by atoms with Gasteiger partial charge in [-0.2, -0.15) is 4.39 Å². The highest BCUT2D eigenvalue weighted by Crippen LogP contribution is 2.38. The quantitative estimate of drug-likeness (QED) is 0.219. The minimum Gasteiger partial charge on any atom is -0.488 e. The maximum Gasteiger partial charge on any atom is 0.252 e. The lowest BCUT2D eigenvalue weighted by Gasteiger charge is -2.45. The largest absolute Gasteiger partial charge is 0.488 e. The van der Waals surface area contributed by atoms with E-state index in [0.717, 1.165) is 47.2 Å². The van der Waals surface area contributed by atoms with Crippen LogP contribution in [0.1, 0.15) is 42.4 Å². The summed E-state index contributed by atoms with van der Waals surface area (Å²) in [5.74, 6) is -4.36. The Morgan fingerprint density at radius 2 is 1.74 bits per heavy atom. The Morgan fingerprint density at radius 3 is 2.46 bits per heavy atom. The number of benzene rings is 3. The van der Waals surface area contributed by atoms with Crippen molar-refractivity contribution in [3.05, 3.63) is 105 Å². The molecule has 2 fully saturated rings. The van der Waals surface area contributed by atoms with E-state index in [0.29, 0.717) is 49.5 Å². The molecule has 6 rings (SSSR count). The van der Waals surface area contributed by atoms with Crippen molar-refractivity contribution < 1.29 is 27.5 Å². The van der Waals surface area contributed by atoms with Crippen LogP contribution in [-0.4, -0.2) is 66.0 Å². The molecule has 2 amide bonds. The number of nitrogens with one attached hydrogen (secondary N) is 1. The minimum absolute atomic E-state index is 0.0122. The van der Waals surface area contributed by atoms with Crippen molar-refractivity contribution >= 4 is 29.0 Å². The number of fused-ring (bicyclic) bond motifs is 2. The van der Waals surface area contributed by atoms with E-state index < -0.39 is 23.2 Å². The predicted octanol–water partition coefficient (Wildman–Crippen LogP) is 5.25. The summed E-state index contributed by atoms with van der Waals surface area (Å²) >= 11 is 6.50. The standard InChI is InChI=1S/C35H36ClF3N4O3/c36-27-6-2-1-5-23(27)18-43(25-11-12-25)35(45)32-26(16-24-19-42(31(44)17-40)20-30(32)41-24)22-9-7-21(8-10-22)4-3-15-46-34-29(38)14-13-28(37)33(34)39/h1-2,5-10,13-14,24-25,30,41H,3-4,11-12,15-20,40H2. The van der Waals surface area contributed by atoms with E-state index in [2.05, 4.69) is 5.32 Å². The molecule has 2 unspecified atom stereocenters. The number of piperazine rings is 1. The molecule has 11 heteroatoms. The number of halogens is 4. The lowest BCUT2D eigenvalue weighted by Crippen LogP contribution is -2.62. The predicted molar refractivity (Wildman–Crippen MR) is 169 cm³/mol. The average Bonchev–Trinajstić information content (AvgIpc) is 3.90. The van der Waals surface area contributed by atoms with Gasteiger partial charge in [0.2, 0.25) is 11.7 Å². The third-order valence-corrected chi connectivity index (χ3v) is 9.24. The van der Waals surface area contributed by atoms with Gasteiger partial charge in [0.05, 0.1) is 19.2 Å². The Hall–Kier alpha value is -3.86. The molecule has 3 N–H and O–H groups in total. The molecule has 0 spiro atoms. The smallest absolute Gasteiger partial charge is 0.252 e. The van der Waals surface area contributed by atoms with Gasteiger partial charge >= 0.3 is 0 Å². The van der Waals surface area contributed by atoms with Gasteiger partial charge in [-0.3, -0.25) is 9.59 Å². The zero-order valence-electron chi connectivity index (χ0n) is 25.3. The van der Waals surface area contributed by atoms with Crippen LogP contribution in [0.15, 0.2) is 66.2 Å². The van der Waals surface area contributed by atoms with Crippen molar-refractivity contribution in [1.82, 2.24) is 15.1 Å². The summed E-state index contributed by atoms with van der Waals surface area (Å²) in [4.78, 5) is 30.8. The van der Waals surface area contributed by atoms with Crippen LogP contribution >= 0.6 is 11.6 Å². The van der Waals surface area contributed by atoms with Gasteiger partial charge in [-0.25, -0.2) is 8.78 Å². The molecule has 2 aliphatic heterocycles. The summed E-state index contributed by atoms with van der Waals surface area (Å²) in [5, 5.41) is 4.21. The van der Waals surface area contributed by atoms with E-state index >= 15 is 0 Å². The third kappa shape index (κ3) is 6.94. The van der Waals surface area contributed by atoms with Crippen molar-refractivity contribution in [2.75, 3.05) is 26.2 Å². The van der Waals surface area contributed by atoms with E-state index in [-0.39, 0.29) is 43.1 Å². The van der Waals surface area contributed by atoms with Crippen molar-refractivity contribution in [3.8, 4) is 5.75 Å². The maximum absolute atomic E-state index is 14.5.